The van der Waals surface area contributed by atoms with Crippen LogP contribution in [-0.2, 0) is 10.0 Å². The van der Waals surface area contributed by atoms with Crippen LogP contribution in [0.3, 0.4) is 0 Å². The van der Waals surface area contributed by atoms with Crippen LogP contribution in [0.2, 0.25) is 5.02 Å². The van der Waals surface area contributed by atoms with Gasteiger partial charge in [-0.3, -0.25) is 0 Å². The molecule has 4 nitrogen and oxygen atoms in total. The third-order valence-corrected chi connectivity index (χ3v) is 6.74. The monoisotopic (exact) mass is 346 g/mol. The maximum Gasteiger partial charge on any atom is 0.244 e. The van der Waals surface area contributed by atoms with Crippen molar-refractivity contribution in [2.24, 2.45) is 5.92 Å². The summed E-state index contributed by atoms with van der Waals surface area (Å²) in [4.78, 5) is -0.140. The molecule has 122 valence electrons. The minimum absolute atomic E-state index is 0.0652. The Morgan fingerprint density at radius 2 is 1.91 bits per heavy atom. The second kappa shape index (κ2) is 6.43. The molecule has 0 radical (unpaired) electrons. The molecule has 1 saturated carbocycles. The lowest BCUT2D eigenvalue weighted by Crippen LogP contribution is -2.45. The first kappa shape index (κ1) is 16.2. The van der Waals surface area contributed by atoms with E-state index < -0.39 is 15.8 Å². The predicted molar refractivity (Wildman–Crippen MR) is 83.9 cm³/mol. The smallest absolute Gasteiger partial charge is 0.244 e. The van der Waals surface area contributed by atoms with E-state index in [4.69, 9.17) is 11.6 Å². The van der Waals surface area contributed by atoms with Crippen molar-refractivity contribution in [2.45, 2.75) is 36.6 Å². The van der Waals surface area contributed by atoms with Crippen LogP contribution in [0.25, 0.3) is 0 Å². The van der Waals surface area contributed by atoms with Crippen LogP contribution in [0, 0.1) is 11.7 Å². The highest BCUT2D eigenvalue weighted by molar-refractivity contribution is 7.89. The number of halogens is 2. The molecule has 0 spiro atoms. The van der Waals surface area contributed by atoms with E-state index in [1.54, 1.807) is 0 Å². The van der Waals surface area contributed by atoms with E-state index in [9.17, 15) is 12.8 Å². The fourth-order valence-corrected chi connectivity index (χ4v) is 4.73. The van der Waals surface area contributed by atoms with Gasteiger partial charge in [0, 0.05) is 19.1 Å². The Hall–Kier alpha value is -0.690. The zero-order valence-electron chi connectivity index (χ0n) is 12.3. The molecule has 0 atom stereocenters. The maximum absolute atomic E-state index is 13.3. The highest BCUT2D eigenvalue weighted by Gasteiger charge is 2.31. The average molecular weight is 347 g/mol. The van der Waals surface area contributed by atoms with Gasteiger partial charge in [0.15, 0.2) is 0 Å². The minimum atomic E-state index is -3.72. The van der Waals surface area contributed by atoms with Crippen LogP contribution in [0.15, 0.2) is 23.1 Å². The minimum Gasteiger partial charge on any atom is -0.314 e. The summed E-state index contributed by atoms with van der Waals surface area (Å²) >= 11 is 5.94. The van der Waals surface area contributed by atoms with Crippen molar-refractivity contribution in [1.29, 1.82) is 0 Å². The van der Waals surface area contributed by atoms with Crippen LogP contribution in [0.5, 0.6) is 0 Å². The van der Waals surface area contributed by atoms with Crippen LogP contribution in [0.4, 0.5) is 4.39 Å². The van der Waals surface area contributed by atoms with E-state index in [0.717, 1.165) is 37.4 Å². The average Bonchev–Trinajstić information content (AvgIpc) is 3.32. The molecule has 1 aromatic carbocycles. The molecule has 0 unspecified atom stereocenters. The van der Waals surface area contributed by atoms with Gasteiger partial charge < -0.3 is 5.32 Å². The summed E-state index contributed by atoms with van der Waals surface area (Å²) in [5, 5.41) is 3.57. The lowest BCUT2D eigenvalue weighted by Gasteiger charge is -2.32. The highest BCUT2D eigenvalue weighted by Crippen LogP contribution is 2.29. The first-order valence-electron chi connectivity index (χ1n) is 7.65. The highest BCUT2D eigenvalue weighted by atomic mass is 35.5. The third-order valence-electron chi connectivity index (χ3n) is 4.36. The van der Waals surface area contributed by atoms with Crippen LogP contribution in [0.1, 0.15) is 25.7 Å². The Kier molecular flexibility index (Phi) is 4.73. The van der Waals surface area contributed by atoms with Gasteiger partial charge in [-0.05, 0) is 56.3 Å². The molecule has 3 rings (SSSR count). The second-order valence-corrected chi connectivity index (χ2v) is 8.42. The number of rotatable bonds is 5. The van der Waals surface area contributed by atoms with Gasteiger partial charge in [-0.25, -0.2) is 12.8 Å². The Bertz CT molecular complexity index is 641. The predicted octanol–water partition coefficient (Wildman–Crippen LogP) is 2.63. The molecule has 1 aromatic rings. The van der Waals surface area contributed by atoms with Gasteiger partial charge in [-0.2, -0.15) is 4.31 Å². The van der Waals surface area contributed by atoms with Crippen LogP contribution >= 0.6 is 11.6 Å². The van der Waals surface area contributed by atoms with Crippen molar-refractivity contribution in [3.63, 3.8) is 0 Å². The first-order chi connectivity index (χ1) is 10.5. The summed E-state index contributed by atoms with van der Waals surface area (Å²) in [7, 11) is -3.72. The van der Waals surface area contributed by atoms with Gasteiger partial charge >= 0.3 is 0 Å². The molecule has 2 aliphatic rings. The standard InChI is InChI=1S/C15H20ClFN2O2S/c16-14-4-3-12(17)9-15(14)22(20,21)19-7-5-13(6-8-19)18-10-11-1-2-11/h3-4,9,11,13,18H,1-2,5-8,10H2. The summed E-state index contributed by atoms with van der Waals surface area (Å²) in [6.45, 7) is 1.92. The van der Waals surface area contributed by atoms with E-state index in [-0.39, 0.29) is 9.92 Å². The zero-order chi connectivity index (χ0) is 15.7. The molecular formula is C15H20ClFN2O2S. The topological polar surface area (TPSA) is 49.4 Å². The first-order valence-corrected chi connectivity index (χ1v) is 9.47. The van der Waals surface area contributed by atoms with Crippen LogP contribution < -0.4 is 5.32 Å². The quantitative estimate of drug-likeness (QED) is 0.891. The Labute approximate surface area is 135 Å². The van der Waals surface area contributed by atoms with E-state index >= 15 is 0 Å². The second-order valence-electron chi connectivity index (χ2n) is 6.10. The molecule has 22 heavy (non-hydrogen) atoms. The van der Waals surface area contributed by atoms with Gasteiger partial charge in [-0.1, -0.05) is 11.6 Å². The third kappa shape index (κ3) is 3.62. The van der Waals surface area contributed by atoms with E-state index in [0.29, 0.717) is 19.1 Å². The van der Waals surface area contributed by atoms with Gasteiger partial charge in [0.05, 0.1) is 5.02 Å². The molecule has 1 aliphatic carbocycles. The van der Waals surface area contributed by atoms with Gasteiger partial charge in [0.1, 0.15) is 10.7 Å². The number of hydrogen-bond donors (Lipinski definition) is 1. The fourth-order valence-electron chi connectivity index (χ4n) is 2.77. The molecule has 0 bridgehead atoms. The molecule has 0 aromatic heterocycles. The van der Waals surface area contributed by atoms with Crippen molar-refractivity contribution in [2.75, 3.05) is 19.6 Å². The largest absolute Gasteiger partial charge is 0.314 e. The van der Waals surface area contributed by atoms with E-state index in [2.05, 4.69) is 5.32 Å². The van der Waals surface area contributed by atoms with Gasteiger partial charge in [0.2, 0.25) is 10.0 Å². The molecule has 1 aliphatic heterocycles. The summed E-state index contributed by atoms with van der Waals surface area (Å²) in [5.41, 5.74) is 0. The number of sulfonamides is 1. The summed E-state index contributed by atoms with van der Waals surface area (Å²) < 4.78 is 39.9. The van der Waals surface area contributed by atoms with Crippen LogP contribution in [-0.4, -0.2) is 38.4 Å². The Balaban J connectivity index is 1.64. The van der Waals surface area contributed by atoms with E-state index in [1.165, 1.54) is 23.2 Å². The Morgan fingerprint density at radius 3 is 2.55 bits per heavy atom. The number of benzene rings is 1. The van der Waals surface area contributed by atoms with E-state index in [1.807, 2.05) is 0 Å². The van der Waals surface area contributed by atoms with Gasteiger partial charge in [0.25, 0.3) is 0 Å². The Morgan fingerprint density at radius 1 is 1.23 bits per heavy atom. The molecule has 1 heterocycles. The summed E-state index contributed by atoms with van der Waals surface area (Å²) in [6, 6.07) is 3.81. The number of piperidine rings is 1. The number of hydrogen-bond acceptors (Lipinski definition) is 3. The SMILES string of the molecule is O=S(=O)(c1cc(F)ccc1Cl)N1CCC(NCC2CC2)CC1. The van der Waals surface area contributed by atoms with Crippen molar-refractivity contribution < 1.29 is 12.8 Å². The molecular weight excluding hydrogens is 327 g/mol. The normalized spacial score (nSPS) is 21.2. The van der Waals surface area contributed by atoms with Crippen molar-refractivity contribution >= 4 is 21.6 Å². The lowest BCUT2D eigenvalue weighted by atomic mass is 10.1. The fraction of sp³-hybridized carbons (Fsp3) is 0.600. The summed E-state index contributed by atoms with van der Waals surface area (Å²) in [5.74, 6) is 0.219. The number of nitrogens with zero attached hydrogens (tertiary/aromatic N) is 1. The lowest BCUT2D eigenvalue weighted by molar-refractivity contribution is 0.288. The van der Waals surface area contributed by atoms with Gasteiger partial charge in [-0.15, -0.1) is 0 Å². The summed E-state index contributed by atoms with van der Waals surface area (Å²) in [6.07, 6.45) is 4.16. The molecule has 7 heteroatoms. The van der Waals surface area contributed by atoms with Crippen molar-refractivity contribution in [3.8, 4) is 0 Å². The zero-order valence-corrected chi connectivity index (χ0v) is 13.8. The maximum atomic E-state index is 13.3. The molecule has 2 fully saturated rings. The number of nitrogens with one attached hydrogen (secondary N) is 1. The van der Waals surface area contributed by atoms with Crippen molar-refractivity contribution in [3.05, 3.63) is 29.0 Å². The molecule has 1 N–H and O–H groups in total. The molecule has 0 amide bonds. The molecule has 1 saturated heterocycles. The van der Waals surface area contributed by atoms with Crippen molar-refractivity contribution in [1.82, 2.24) is 9.62 Å².